The van der Waals surface area contributed by atoms with Crippen LogP contribution >= 0.6 is 0 Å². The van der Waals surface area contributed by atoms with Crippen LogP contribution in [-0.2, 0) is 11.3 Å². The molecule has 1 fully saturated rings. The lowest BCUT2D eigenvalue weighted by molar-refractivity contribution is -0.0883. The van der Waals surface area contributed by atoms with Crippen LogP contribution in [0, 0.1) is 6.92 Å². The minimum absolute atomic E-state index is 0.0352. The first-order chi connectivity index (χ1) is 7.98. The van der Waals surface area contributed by atoms with Crippen molar-refractivity contribution in [2.24, 2.45) is 0 Å². The molecule has 0 aromatic heterocycles. The molecule has 2 rings (SSSR count). The Labute approximate surface area is 104 Å². The number of morpholine rings is 1. The molecule has 0 radical (unpaired) electrons. The Kier molecular flexibility index (Phi) is 3.40. The fraction of sp³-hybridized carbons (Fsp3) is 0.571. The fourth-order valence-electron chi connectivity index (χ4n) is 2.36. The Bertz CT molecular complexity index is 401. The van der Waals surface area contributed by atoms with Crippen molar-refractivity contribution in [3.8, 4) is 0 Å². The first kappa shape index (κ1) is 12.4. The summed E-state index contributed by atoms with van der Waals surface area (Å²) in [4.78, 5) is 2.44. The van der Waals surface area contributed by atoms with E-state index in [2.05, 4.69) is 31.7 Å². The first-order valence-electron chi connectivity index (χ1n) is 6.18. The molecular weight excluding hydrogens is 212 g/mol. The number of benzene rings is 1. The van der Waals surface area contributed by atoms with E-state index in [0.717, 1.165) is 31.9 Å². The summed E-state index contributed by atoms with van der Waals surface area (Å²) in [5, 5.41) is 0. The molecular formula is C14H22N2O. The molecule has 0 atom stereocenters. The summed E-state index contributed by atoms with van der Waals surface area (Å²) in [5.41, 5.74) is 9.31. The zero-order valence-corrected chi connectivity index (χ0v) is 11.0. The molecule has 2 N–H and O–H groups in total. The van der Waals surface area contributed by atoms with E-state index in [1.54, 1.807) is 0 Å². The third-order valence-electron chi connectivity index (χ3n) is 3.39. The van der Waals surface area contributed by atoms with Crippen LogP contribution in [0.1, 0.15) is 25.0 Å². The van der Waals surface area contributed by atoms with Gasteiger partial charge in [0.1, 0.15) is 0 Å². The second-order valence-electron chi connectivity index (χ2n) is 5.45. The molecule has 0 aliphatic carbocycles. The smallest absolute Gasteiger partial charge is 0.0753 e. The molecule has 1 aliphatic heterocycles. The Morgan fingerprint density at radius 1 is 1.41 bits per heavy atom. The average molecular weight is 234 g/mol. The van der Waals surface area contributed by atoms with E-state index in [0.29, 0.717) is 0 Å². The standard InChI is InChI=1S/C14H22N2O/c1-11-12(5-4-6-13(11)15)9-16-7-8-17-14(2,3)10-16/h4-6H,7-10,15H2,1-3H3. The van der Waals surface area contributed by atoms with Gasteiger partial charge in [-0.3, -0.25) is 4.90 Å². The zero-order valence-electron chi connectivity index (χ0n) is 11.0. The van der Waals surface area contributed by atoms with Crippen LogP contribution in [0.4, 0.5) is 5.69 Å². The Morgan fingerprint density at radius 3 is 2.88 bits per heavy atom. The fourth-order valence-corrected chi connectivity index (χ4v) is 2.36. The summed E-state index contributed by atoms with van der Waals surface area (Å²) in [7, 11) is 0. The SMILES string of the molecule is Cc1c(N)cccc1CN1CCOC(C)(C)C1. The zero-order chi connectivity index (χ0) is 12.5. The maximum Gasteiger partial charge on any atom is 0.0753 e. The van der Waals surface area contributed by atoms with Gasteiger partial charge in [0.05, 0.1) is 12.2 Å². The highest BCUT2D eigenvalue weighted by Gasteiger charge is 2.27. The van der Waals surface area contributed by atoms with Gasteiger partial charge in [-0.15, -0.1) is 0 Å². The monoisotopic (exact) mass is 234 g/mol. The second kappa shape index (κ2) is 4.67. The van der Waals surface area contributed by atoms with Crippen molar-refractivity contribution in [3.05, 3.63) is 29.3 Å². The number of hydrogen-bond acceptors (Lipinski definition) is 3. The Balaban J connectivity index is 2.08. The highest BCUT2D eigenvalue weighted by Crippen LogP contribution is 2.21. The summed E-state index contributed by atoms with van der Waals surface area (Å²) >= 11 is 0. The van der Waals surface area contributed by atoms with Crippen molar-refractivity contribution < 1.29 is 4.74 Å². The van der Waals surface area contributed by atoms with Gasteiger partial charge in [-0.1, -0.05) is 12.1 Å². The van der Waals surface area contributed by atoms with E-state index < -0.39 is 0 Å². The van der Waals surface area contributed by atoms with Crippen LogP contribution in [0.2, 0.25) is 0 Å². The third-order valence-corrected chi connectivity index (χ3v) is 3.39. The van der Waals surface area contributed by atoms with Crippen molar-refractivity contribution in [3.63, 3.8) is 0 Å². The highest BCUT2D eigenvalue weighted by atomic mass is 16.5. The molecule has 0 unspecified atom stereocenters. The molecule has 0 saturated carbocycles. The number of nitrogen functional groups attached to an aromatic ring is 1. The largest absolute Gasteiger partial charge is 0.399 e. The highest BCUT2D eigenvalue weighted by molar-refractivity contribution is 5.49. The van der Waals surface area contributed by atoms with Crippen molar-refractivity contribution >= 4 is 5.69 Å². The van der Waals surface area contributed by atoms with Gasteiger partial charge in [-0.2, -0.15) is 0 Å². The molecule has 1 aromatic carbocycles. The molecule has 94 valence electrons. The van der Waals surface area contributed by atoms with Crippen LogP contribution in [0.5, 0.6) is 0 Å². The molecule has 1 aromatic rings. The predicted octanol–water partition coefficient (Wildman–Crippen LogP) is 2.19. The van der Waals surface area contributed by atoms with E-state index in [1.807, 2.05) is 12.1 Å². The van der Waals surface area contributed by atoms with Crippen LogP contribution in [0.25, 0.3) is 0 Å². The molecule has 1 heterocycles. The van der Waals surface area contributed by atoms with Gasteiger partial charge in [0.2, 0.25) is 0 Å². The molecule has 0 amide bonds. The molecule has 0 bridgehead atoms. The van der Waals surface area contributed by atoms with E-state index in [1.165, 1.54) is 11.1 Å². The lowest BCUT2D eigenvalue weighted by atomic mass is 10.0. The minimum Gasteiger partial charge on any atom is -0.399 e. The first-order valence-corrected chi connectivity index (χ1v) is 6.18. The van der Waals surface area contributed by atoms with Crippen LogP contribution < -0.4 is 5.73 Å². The van der Waals surface area contributed by atoms with Crippen LogP contribution in [-0.4, -0.2) is 30.2 Å². The molecule has 1 aliphatic rings. The summed E-state index contributed by atoms with van der Waals surface area (Å²) in [6.07, 6.45) is 0. The minimum atomic E-state index is -0.0352. The number of hydrogen-bond donors (Lipinski definition) is 1. The summed E-state index contributed by atoms with van der Waals surface area (Å²) in [6, 6.07) is 6.15. The number of ether oxygens (including phenoxy) is 1. The molecule has 17 heavy (non-hydrogen) atoms. The van der Waals surface area contributed by atoms with Gasteiger partial charge in [0.15, 0.2) is 0 Å². The quantitative estimate of drug-likeness (QED) is 0.797. The molecule has 3 heteroatoms. The molecule has 0 spiro atoms. The Morgan fingerprint density at radius 2 is 2.18 bits per heavy atom. The van der Waals surface area contributed by atoms with E-state index >= 15 is 0 Å². The number of rotatable bonds is 2. The summed E-state index contributed by atoms with van der Waals surface area (Å²) < 4.78 is 5.72. The van der Waals surface area contributed by atoms with E-state index in [-0.39, 0.29) is 5.60 Å². The lowest BCUT2D eigenvalue weighted by Gasteiger charge is -2.38. The van der Waals surface area contributed by atoms with Crippen molar-refractivity contribution in [1.82, 2.24) is 4.90 Å². The predicted molar refractivity (Wildman–Crippen MR) is 70.9 cm³/mol. The van der Waals surface area contributed by atoms with E-state index in [9.17, 15) is 0 Å². The normalized spacial score (nSPS) is 20.4. The van der Waals surface area contributed by atoms with Crippen molar-refractivity contribution in [2.45, 2.75) is 32.9 Å². The van der Waals surface area contributed by atoms with Gasteiger partial charge < -0.3 is 10.5 Å². The number of nitrogens with two attached hydrogens (primary N) is 1. The maximum absolute atomic E-state index is 5.94. The molecule has 1 saturated heterocycles. The maximum atomic E-state index is 5.94. The van der Waals surface area contributed by atoms with E-state index in [4.69, 9.17) is 10.5 Å². The lowest BCUT2D eigenvalue weighted by Crippen LogP contribution is -2.47. The van der Waals surface area contributed by atoms with Gasteiger partial charge in [0, 0.05) is 25.3 Å². The third kappa shape index (κ3) is 2.99. The van der Waals surface area contributed by atoms with Gasteiger partial charge >= 0.3 is 0 Å². The number of anilines is 1. The van der Waals surface area contributed by atoms with Crippen molar-refractivity contribution in [1.29, 1.82) is 0 Å². The van der Waals surface area contributed by atoms with Gasteiger partial charge in [0.25, 0.3) is 0 Å². The number of nitrogens with zero attached hydrogens (tertiary/aromatic N) is 1. The average Bonchev–Trinajstić information content (AvgIpc) is 2.23. The van der Waals surface area contributed by atoms with Crippen LogP contribution in [0.15, 0.2) is 18.2 Å². The second-order valence-corrected chi connectivity index (χ2v) is 5.45. The summed E-state index contributed by atoms with van der Waals surface area (Å²) in [6.45, 7) is 10.1. The summed E-state index contributed by atoms with van der Waals surface area (Å²) in [5.74, 6) is 0. The molecule has 3 nitrogen and oxygen atoms in total. The van der Waals surface area contributed by atoms with Gasteiger partial charge in [-0.05, 0) is 38.0 Å². The van der Waals surface area contributed by atoms with Crippen LogP contribution in [0.3, 0.4) is 0 Å². The topological polar surface area (TPSA) is 38.5 Å². The Hall–Kier alpha value is -1.06. The van der Waals surface area contributed by atoms with Gasteiger partial charge in [-0.25, -0.2) is 0 Å². The van der Waals surface area contributed by atoms with Crippen molar-refractivity contribution in [2.75, 3.05) is 25.4 Å².